The largest absolute Gasteiger partial charge is 0.780 e. The van der Waals surface area contributed by atoms with Gasteiger partial charge in [-0.25, -0.2) is 38.7 Å². The summed E-state index contributed by atoms with van der Waals surface area (Å²) in [5.74, 6) is -3.04. The van der Waals surface area contributed by atoms with Crippen molar-refractivity contribution in [1.82, 2.24) is 107 Å². The number of quaternary nitrogens is 3. The number of rotatable bonds is 15. The third-order valence-electron chi connectivity index (χ3n) is 18.4. The lowest BCUT2D eigenvalue weighted by Gasteiger charge is -2.34. The minimum Gasteiger partial charge on any atom is -0.780 e. The molecule has 10 aromatic rings. The summed E-state index contributed by atoms with van der Waals surface area (Å²) in [4.78, 5) is 142. The first kappa shape index (κ1) is 91.3. The molecule has 0 radical (unpaired) electrons. The summed E-state index contributed by atoms with van der Waals surface area (Å²) >= 11 is 21.5. The maximum absolute atomic E-state index is 16.8. The van der Waals surface area contributed by atoms with Crippen LogP contribution in [-0.2, 0) is 121 Å². The highest BCUT2D eigenvalue weighted by Crippen LogP contribution is 2.58. The molecule has 0 saturated carbocycles. The van der Waals surface area contributed by atoms with Crippen molar-refractivity contribution in [3.05, 3.63) is 118 Å². The van der Waals surface area contributed by atoms with E-state index in [1.54, 1.807) is 88.4 Å². The van der Waals surface area contributed by atoms with Crippen LogP contribution in [0.1, 0.15) is 92.6 Å². The molecule has 0 spiro atoms. The van der Waals surface area contributed by atoms with E-state index in [1.807, 2.05) is 6.07 Å². The van der Waals surface area contributed by atoms with Gasteiger partial charge in [0.1, 0.15) is 62.7 Å². The number of hydrogen-bond acceptors (Lipinski definition) is 39. The first-order valence-electron chi connectivity index (χ1n) is 35.5. The first-order chi connectivity index (χ1) is 56.4. The lowest BCUT2D eigenvalue weighted by atomic mass is 10.1. The Bertz CT molecular complexity index is 5890. The standard InChI is InChI=1S/C33H35FN12O11P2S2.C30H32FN11O11P2S2.3H3N/c1-16(2)28(47)41-33-40-27-23(30(49)42-33)38-15-45(27)31-19-11-18(54-31)12-53-59(61,51-10-6-9-35)57-24-20(13-52-58(50,60)56-19)55-32(21(24)34)46-26-22(43-44-46)25(36-14-37-26)39-29(48)17-7-4-3-5-8-17;1-13(2)25(43)37-30-36-24-20(27(45)38-30)34-12-41(24)28-16-8-15(50-28)9-48-55(47,57)53-21-17(10-49-54(46,56)52-16)51-29(18(21)31)42-23-19(39-40-42)22(32-11-33-23)35-26(44)14-6-4-3-5-7-14;;;/h3-5,7-8,14-16,18-21,24,31-32H,6,10-13H2,1-2H3,(H,50,60)(H,36,37,39,48)(H2,40,41,42,47,49);3-7,11-13,15-18,21,28-29H,8-10H2,1-2H3,(H,46,56)(H,47,57)(H,32,33,35,44)(H2,36,37,38,43,45);3*1H3/t18-,19-,20+,21-,24+,31+,32+,58?,59?;15-,16-,17+,18-,21+,28+,29+,54?,55?;;;/m00.../s1. The van der Waals surface area contributed by atoms with Gasteiger partial charge in [-0.1, -0.05) is 98.1 Å². The quantitative estimate of drug-likeness (QED) is 0.0362. The van der Waals surface area contributed by atoms with Gasteiger partial charge in [-0.05, 0) is 36.1 Å². The third kappa shape index (κ3) is 20.0. The maximum atomic E-state index is 16.8. The minimum absolute atomic E-state index is 0. The molecule has 18 N–H and O–H groups in total. The van der Waals surface area contributed by atoms with E-state index in [0.29, 0.717) is 11.1 Å². The van der Waals surface area contributed by atoms with Crippen LogP contribution in [0.25, 0.3) is 44.7 Å². The molecule has 16 rings (SSSR count). The van der Waals surface area contributed by atoms with Gasteiger partial charge in [-0.2, -0.15) is 24.6 Å². The van der Waals surface area contributed by atoms with Crippen molar-refractivity contribution < 1.29 is 102 Å². The van der Waals surface area contributed by atoms with E-state index < -0.39 is 179 Å². The molecule has 4 unspecified atom stereocenters. The van der Waals surface area contributed by atoms with Crippen LogP contribution in [0.3, 0.4) is 0 Å². The van der Waals surface area contributed by atoms with E-state index in [1.165, 1.54) is 21.8 Å². The average Bonchev–Trinajstić information content (AvgIpc) is 1.62. The van der Waals surface area contributed by atoms with E-state index >= 15 is 8.78 Å². The average molecular weight is 1840 g/mol. The van der Waals surface area contributed by atoms with E-state index in [0.717, 1.165) is 22.0 Å². The van der Waals surface area contributed by atoms with Crippen LogP contribution in [0.2, 0.25) is 0 Å². The summed E-state index contributed by atoms with van der Waals surface area (Å²) < 4.78 is 128. The van der Waals surface area contributed by atoms with Crippen LogP contribution in [0.4, 0.5) is 32.3 Å². The van der Waals surface area contributed by atoms with Crippen molar-refractivity contribution in [3.63, 3.8) is 0 Å². The Morgan fingerprint density at radius 3 is 1.49 bits per heavy atom. The van der Waals surface area contributed by atoms with Gasteiger partial charge in [-0.3, -0.25) is 67.6 Å². The number of carbonyl (C=O) groups is 4. The molecular weight excluding hydrogens is 1760 g/mol. The maximum Gasteiger partial charge on any atom is 0.327 e. The summed E-state index contributed by atoms with van der Waals surface area (Å²) in [6, 6.07) is 18.6. The number of amides is 4. The second kappa shape index (κ2) is 37.7. The predicted octanol–water partition coefficient (Wildman–Crippen LogP) is 5.19. The second-order valence-corrected chi connectivity index (χ2v) is 38.3. The lowest BCUT2D eigenvalue weighted by molar-refractivity contribution is -0.217. The van der Waals surface area contributed by atoms with Crippen molar-refractivity contribution >= 4 is 166 Å². The van der Waals surface area contributed by atoms with E-state index in [4.69, 9.17) is 107 Å². The Balaban J connectivity index is 0.000000217. The SMILES string of the molecule is CC(C)C(=O)Nc1nc2c(ncn2[C@@H]2O[C@@H]3COP(=S)(OCCC#N)O[C@H]4[C@H](F)[C@H](n5nnc6c(NC(=O)c7ccccc7)ncnc65)O[C@@H]4COP([O-])(=S)O[C@H]2C3)c(=O)[nH]1.CC(C)C(=O)Nc1nc2c(ncn2[C@@H]2O[C@@H]3COP([O-])(=S)O[C@H]4[C@H](F)[C@H](n5nnc6c(NC(=O)c7ccccc7)ncnc65)O[C@@H]4COP(=O)([S-])O[C@H]2C3)c(=O)[nH]1.[NH4+].[NH4+].[NH4+]. The van der Waals surface area contributed by atoms with E-state index in [9.17, 15) is 48.4 Å². The van der Waals surface area contributed by atoms with Crippen molar-refractivity contribution in [2.75, 3.05) is 54.3 Å². The fraction of sp³-hybridized carbons (Fsp3) is 0.444. The number of aromatic nitrogens is 18. The van der Waals surface area contributed by atoms with Crippen molar-refractivity contribution in [2.45, 2.75) is 133 Å². The molecular formula is C63H76F2N26O22P4S4. The molecule has 58 heteroatoms. The molecule has 4 bridgehead atoms. The molecule has 6 saturated heterocycles. The van der Waals surface area contributed by atoms with Crippen LogP contribution >= 0.6 is 27.0 Å². The fourth-order valence-electron chi connectivity index (χ4n) is 12.8. The molecule has 18 atom stereocenters. The van der Waals surface area contributed by atoms with Gasteiger partial charge in [0.15, 0.2) is 100 Å². The summed E-state index contributed by atoms with van der Waals surface area (Å²) in [6.45, 7) is -13.3. The van der Waals surface area contributed by atoms with Crippen molar-refractivity contribution in [1.29, 1.82) is 5.26 Å². The molecule has 48 nitrogen and oxygen atoms in total. The number of ether oxygens (including phenoxy) is 4. The van der Waals surface area contributed by atoms with Crippen LogP contribution in [-0.4, -0.2) is 207 Å². The minimum atomic E-state index is -4.53. The Morgan fingerprint density at radius 2 is 1.02 bits per heavy atom. The Morgan fingerprint density at radius 1 is 0.579 bits per heavy atom. The second-order valence-electron chi connectivity index (χ2n) is 27.2. The fourth-order valence-corrected chi connectivity index (χ4v) is 19.2. The van der Waals surface area contributed by atoms with Gasteiger partial charge >= 0.3 is 6.72 Å². The number of carbonyl (C=O) groups excluding carboxylic acids is 4. The van der Waals surface area contributed by atoms with Crippen LogP contribution in [0, 0.1) is 23.2 Å². The number of alkyl halides is 2. The molecule has 121 heavy (non-hydrogen) atoms. The van der Waals surface area contributed by atoms with Gasteiger partial charge in [0.25, 0.3) is 22.9 Å². The number of hydrogen-bond donors (Lipinski definition) is 9. The summed E-state index contributed by atoms with van der Waals surface area (Å²) in [7, 11) is 0. The van der Waals surface area contributed by atoms with Gasteiger partial charge in [-0.15, -0.1) is 10.2 Å². The smallest absolute Gasteiger partial charge is 0.327 e. The number of nitrogens with zero attached hydrogens (tertiary/aromatic N) is 17. The molecule has 4 amide bonds. The number of nitriles is 1. The normalized spacial score (nSPS) is 29.3. The van der Waals surface area contributed by atoms with Gasteiger partial charge in [0, 0.05) is 35.8 Å². The van der Waals surface area contributed by atoms with E-state index in [2.05, 4.69) is 91.7 Å². The van der Waals surface area contributed by atoms with E-state index in [-0.39, 0.29) is 119 Å². The third-order valence-corrected chi connectivity index (χ3v) is 25.5. The van der Waals surface area contributed by atoms with Crippen LogP contribution in [0.5, 0.6) is 0 Å². The highest BCUT2D eigenvalue weighted by Gasteiger charge is 2.54. The van der Waals surface area contributed by atoms with Gasteiger partial charge in [0.05, 0.1) is 70.4 Å². The van der Waals surface area contributed by atoms with Crippen molar-refractivity contribution in [3.8, 4) is 6.07 Å². The zero-order valence-corrected chi connectivity index (χ0v) is 71.1. The number of H-pyrrole nitrogens is 2. The van der Waals surface area contributed by atoms with Gasteiger partial charge < -0.3 is 106 Å². The van der Waals surface area contributed by atoms with Crippen LogP contribution < -0.4 is 60.6 Å². The van der Waals surface area contributed by atoms with Crippen LogP contribution in [0.15, 0.2) is 95.6 Å². The molecule has 2 aromatic carbocycles. The topological polar surface area (TPSA) is 673 Å². The molecule has 6 fully saturated rings. The number of nitrogens with one attached hydrogen (secondary N) is 6. The lowest BCUT2D eigenvalue weighted by Crippen LogP contribution is -2.35. The highest BCUT2D eigenvalue weighted by atomic mass is 32.7. The van der Waals surface area contributed by atoms with Gasteiger partial charge in [0.2, 0.25) is 23.7 Å². The molecule has 14 heterocycles. The Kier molecular flexibility index (Phi) is 28.5. The number of imidazole rings is 2. The molecule has 6 aliphatic heterocycles. The number of aromatic amines is 2. The van der Waals surface area contributed by atoms with Crippen molar-refractivity contribution in [2.24, 2.45) is 11.8 Å². The highest BCUT2D eigenvalue weighted by molar-refractivity contribution is 8.32. The molecule has 8 aromatic heterocycles. The number of benzene rings is 2. The molecule has 648 valence electrons. The summed E-state index contributed by atoms with van der Waals surface area (Å²) in [5, 5.41) is 35.7. The Labute approximate surface area is 700 Å². The predicted molar refractivity (Wildman–Crippen MR) is 428 cm³/mol. The monoisotopic (exact) mass is 1840 g/mol. The zero-order valence-electron chi connectivity index (χ0n) is 64.2. The molecule has 0 aliphatic carbocycles. The molecule has 6 aliphatic rings. The summed E-state index contributed by atoms with van der Waals surface area (Å²) in [5.41, 5.74) is -1.02. The number of fused-ring (bicyclic) bond motifs is 10. The number of halogens is 2. The zero-order chi connectivity index (χ0) is 83.3. The summed E-state index contributed by atoms with van der Waals surface area (Å²) in [6.07, 6.45) is -16.0. The Hall–Kier alpha value is -8.86. The first-order valence-corrected chi connectivity index (χ1v) is 45.8. The number of anilines is 4.